The minimum absolute atomic E-state index is 0.629. The van der Waals surface area contributed by atoms with E-state index in [2.05, 4.69) is 33.0 Å². The highest BCUT2D eigenvalue weighted by Crippen LogP contribution is 2.23. The number of thioether (sulfide) groups is 1. The number of piperidine rings is 1. The molecule has 5 heteroatoms. The molecule has 0 spiro atoms. The fourth-order valence-electron chi connectivity index (χ4n) is 2.99. The van der Waals surface area contributed by atoms with E-state index >= 15 is 0 Å². The third kappa shape index (κ3) is 3.08. The van der Waals surface area contributed by atoms with Crippen molar-refractivity contribution in [2.45, 2.75) is 31.3 Å². The van der Waals surface area contributed by atoms with Crippen LogP contribution in [0, 0.1) is 11.3 Å². The average molecular weight is 288 g/mol. The molecule has 0 amide bonds. The van der Waals surface area contributed by atoms with Crippen LogP contribution < -0.4 is 10.2 Å². The van der Waals surface area contributed by atoms with Crippen molar-refractivity contribution in [2.24, 2.45) is 0 Å². The normalized spacial score (nSPS) is 23.8. The van der Waals surface area contributed by atoms with Crippen molar-refractivity contribution in [3.63, 3.8) is 0 Å². The lowest BCUT2D eigenvalue weighted by atomic mass is 10.0. The Morgan fingerprint density at radius 3 is 2.85 bits per heavy atom. The van der Waals surface area contributed by atoms with Gasteiger partial charge in [0, 0.05) is 37.1 Å². The van der Waals surface area contributed by atoms with Gasteiger partial charge >= 0.3 is 0 Å². The molecule has 0 aromatic carbocycles. The first kappa shape index (κ1) is 13.7. The first-order valence-corrected chi connectivity index (χ1v) is 8.46. The van der Waals surface area contributed by atoms with Crippen LogP contribution in [0.5, 0.6) is 0 Å². The zero-order chi connectivity index (χ0) is 13.8. The number of nitrogens with one attached hydrogen (secondary N) is 1. The van der Waals surface area contributed by atoms with Gasteiger partial charge in [0.25, 0.3) is 0 Å². The maximum absolute atomic E-state index is 9.16. The Kier molecular flexibility index (Phi) is 4.44. The highest BCUT2D eigenvalue weighted by atomic mass is 32.2. The summed E-state index contributed by atoms with van der Waals surface area (Å²) in [5, 5.41) is 12.9. The summed E-state index contributed by atoms with van der Waals surface area (Å²) in [6.45, 7) is 1.98. The second kappa shape index (κ2) is 6.47. The predicted octanol–water partition coefficient (Wildman–Crippen LogP) is 2.02. The van der Waals surface area contributed by atoms with Crippen molar-refractivity contribution >= 4 is 17.6 Å². The molecule has 2 fully saturated rings. The molecule has 2 aliphatic heterocycles. The number of hydrogen-bond acceptors (Lipinski definition) is 5. The summed E-state index contributed by atoms with van der Waals surface area (Å²) >= 11 is 2.05. The van der Waals surface area contributed by atoms with E-state index in [9.17, 15) is 0 Å². The second-order valence-electron chi connectivity index (χ2n) is 5.47. The van der Waals surface area contributed by atoms with Crippen LogP contribution in [0.25, 0.3) is 0 Å². The summed E-state index contributed by atoms with van der Waals surface area (Å²) < 4.78 is 0. The van der Waals surface area contributed by atoms with E-state index < -0.39 is 0 Å². The van der Waals surface area contributed by atoms with Crippen molar-refractivity contribution in [2.75, 3.05) is 29.5 Å². The van der Waals surface area contributed by atoms with Crippen molar-refractivity contribution in [1.29, 1.82) is 5.26 Å². The minimum Gasteiger partial charge on any atom is -0.355 e. The lowest BCUT2D eigenvalue weighted by molar-refractivity contribution is 0.378. The van der Waals surface area contributed by atoms with Gasteiger partial charge in [-0.25, -0.2) is 4.98 Å². The molecular formula is C15H20N4S. The SMILES string of the molecule is N#Cc1cccnc1N1CCC(NC2CCSC2)CC1. The number of pyridine rings is 1. The van der Waals surface area contributed by atoms with Crippen LogP contribution in [-0.4, -0.2) is 41.7 Å². The van der Waals surface area contributed by atoms with Gasteiger partial charge in [0.15, 0.2) is 0 Å². The summed E-state index contributed by atoms with van der Waals surface area (Å²) in [6, 6.07) is 7.26. The highest BCUT2D eigenvalue weighted by molar-refractivity contribution is 7.99. The fraction of sp³-hybridized carbons (Fsp3) is 0.600. The van der Waals surface area contributed by atoms with Gasteiger partial charge in [0.1, 0.15) is 11.9 Å². The van der Waals surface area contributed by atoms with Crippen LogP contribution >= 0.6 is 11.8 Å². The molecular weight excluding hydrogens is 268 g/mol. The zero-order valence-electron chi connectivity index (χ0n) is 11.6. The Bertz CT molecular complexity index is 485. The number of anilines is 1. The Hall–Kier alpha value is -1.25. The van der Waals surface area contributed by atoms with Gasteiger partial charge in [-0.2, -0.15) is 17.0 Å². The summed E-state index contributed by atoms with van der Waals surface area (Å²) in [6.07, 6.45) is 5.37. The van der Waals surface area contributed by atoms with Crippen molar-refractivity contribution in [3.8, 4) is 6.07 Å². The Labute approximate surface area is 124 Å². The van der Waals surface area contributed by atoms with Crippen LogP contribution in [0.2, 0.25) is 0 Å². The lowest BCUT2D eigenvalue weighted by Gasteiger charge is -2.34. The maximum Gasteiger partial charge on any atom is 0.146 e. The van der Waals surface area contributed by atoms with Crippen LogP contribution in [-0.2, 0) is 0 Å². The molecule has 4 nitrogen and oxygen atoms in total. The quantitative estimate of drug-likeness (QED) is 0.922. The topological polar surface area (TPSA) is 52.0 Å². The van der Waals surface area contributed by atoms with E-state index in [1.165, 1.54) is 17.9 Å². The molecule has 106 valence electrons. The van der Waals surface area contributed by atoms with Gasteiger partial charge in [-0.1, -0.05) is 0 Å². The lowest BCUT2D eigenvalue weighted by Crippen LogP contribution is -2.46. The Balaban J connectivity index is 1.56. The molecule has 1 aromatic rings. The number of rotatable bonds is 3. The first-order valence-electron chi connectivity index (χ1n) is 7.30. The van der Waals surface area contributed by atoms with Crippen molar-refractivity contribution in [3.05, 3.63) is 23.9 Å². The summed E-state index contributed by atoms with van der Waals surface area (Å²) in [4.78, 5) is 6.63. The van der Waals surface area contributed by atoms with Gasteiger partial charge in [-0.05, 0) is 37.1 Å². The molecule has 0 saturated carbocycles. The average Bonchev–Trinajstić information content (AvgIpc) is 3.01. The molecule has 1 unspecified atom stereocenters. The van der Waals surface area contributed by atoms with Gasteiger partial charge in [-0.3, -0.25) is 0 Å². The standard InChI is InChI=1S/C15H20N4S/c16-10-12-2-1-6-17-15(12)19-7-3-13(4-8-19)18-14-5-9-20-11-14/h1-2,6,13-14,18H,3-5,7-9,11H2. The molecule has 1 atom stereocenters. The Morgan fingerprint density at radius 2 is 2.15 bits per heavy atom. The summed E-state index contributed by atoms with van der Waals surface area (Å²) in [7, 11) is 0. The van der Waals surface area contributed by atoms with E-state index in [0.717, 1.165) is 31.7 Å². The molecule has 2 saturated heterocycles. The fourth-order valence-corrected chi connectivity index (χ4v) is 4.16. The van der Waals surface area contributed by atoms with Crippen molar-refractivity contribution in [1.82, 2.24) is 10.3 Å². The maximum atomic E-state index is 9.16. The van der Waals surface area contributed by atoms with Crippen molar-refractivity contribution < 1.29 is 0 Å². The Morgan fingerprint density at radius 1 is 1.30 bits per heavy atom. The third-order valence-corrected chi connectivity index (χ3v) is 5.27. The molecule has 2 aliphatic rings. The van der Waals surface area contributed by atoms with Gasteiger partial charge in [-0.15, -0.1) is 0 Å². The van der Waals surface area contributed by atoms with E-state index in [-0.39, 0.29) is 0 Å². The summed E-state index contributed by atoms with van der Waals surface area (Å²) in [5.74, 6) is 3.42. The van der Waals surface area contributed by atoms with Crippen LogP contribution in [0.3, 0.4) is 0 Å². The first-order chi connectivity index (χ1) is 9.86. The molecule has 0 bridgehead atoms. The number of nitrogens with zero attached hydrogens (tertiary/aromatic N) is 3. The third-order valence-electron chi connectivity index (χ3n) is 4.10. The largest absolute Gasteiger partial charge is 0.355 e. The van der Waals surface area contributed by atoms with E-state index in [0.29, 0.717) is 17.6 Å². The molecule has 0 radical (unpaired) electrons. The van der Waals surface area contributed by atoms with Gasteiger partial charge in [0.2, 0.25) is 0 Å². The molecule has 3 heterocycles. The summed E-state index contributed by atoms with van der Waals surface area (Å²) in [5.41, 5.74) is 0.686. The molecule has 0 aliphatic carbocycles. The van der Waals surface area contributed by atoms with E-state index in [1.54, 1.807) is 6.20 Å². The van der Waals surface area contributed by atoms with Crippen LogP contribution in [0.4, 0.5) is 5.82 Å². The molecule has 20 heavy (non-hydrogen) atoms. The zero-order valence-corrected chi connectivity index (χ0v) is 12.4. The van der Waals surface area contributed by atoms with Gasteiger partial charge < -0.3 is 10.2 Å². The smallest absolute Gasteiger partial charge is 0.146 e. The van der Waals surface area contributed by atoms with E-state index in [4.69, 9.17) is 5.26 Å². The number of nitriles is 1. The molecule has 3 rings (SSSR count). The minimum atomic E-state index is 0.629. The highest BCUT2D eigenvalue weighted by Gasteiger charge is 2.25. The van der Waals surface area contributed by atoms with Crippen LogP contribution in [0.15, 0.2) is 18.3 Å². The van der Waals surface area contributed by atoms with E-state index in [1.807, 2.05) is 12.1 Å². The monoisotopic (exact) mass is 288 g/mol. The van der Waals surface area contributed by atoms with Crippen LogP contribution in [0.1, 0.15) is 24.8 Å². The number of hydrogen-bond donors (Lipinski definition) is 1. The van der Waals surface area contributed by atoms with Gasteiger partial charge in [0.05, 0.1) is 5.56 Å². The number of aromatic nitrogens is 1. The molecule has 1 N–H and O–H groups in total. The molecule has 1 aromatic heterocycles. The predicted molar refractivity (Wildman–Crippen MR) is 83.1 cm³/mol. The second-order valence-corrected chi connectivity index (χ2v) is 6.62.